The maximum Gasteiger partial charge on any atom is 0.249 e. The zero-order chi connectivity index (χ0) is 20.4. The molecule has 1 aromatic rings. The van der Waals surface area contributed by atoms with E-state index in [1.165, 1.54) is 0 Å². The van der Waals surface area contributed by atoms with Crippen LogP contribution in [-0.4, -0.2) is 67.0 Å². The Bertz CT molecular complexity index is 730. The van der Waals surface area contributed by atoms with Crippen LogP contribution in [0, 0.1) is 11.3 Å². The second-order valence-corrected chi connectivity index (χ2v) is 8.73. The number of benzene rings is 1. The normalized spacial score (nSPS) is 27.0. The predicted octanol–water partition coefficient (Wildman–Crippen LogP) is 2.21. The second kappa shape index (κ2) is 8.44. The molecule has 6 heteroatoms. The monoisotopic (exact) mass is 399 g/mol. The molecule has 0 aromatic heterocycles. The van der Waals surface area contributed by atoms with Crippen LogP contribution >= 0.6 is 0 Å². The van der Waals surface area contributed by atoms with Crippen molar-refractivity contribution in [1.82, 2.24) is 15.1 Å². The van der Waals surface area contributed by atoms with Gasteiger partial charge in [-0.2, -0.15) is 0 Å². The molecule has 29 heavy (non-hydrogen) atoms. The quantitative estimate of drug-likeness (QED) is 0.825. The molecule has 1 unspecified atom stereocenters. The average Bonchev–Trinajstić information content (AvgIpc) is 3.36. The number of nitrogens with zero attached hydrogens (tertiary/aromatic N) is 2. The van der Waals surface area contributed by atoms with Gasteiger partial charge in [0.1, 0.15) is 6.04 Å². The molecule has 1 spiro atoms. The molecule has 1 aromatic carbocycles. The summed E-state index contributed by atoms with van der Waals surface area (Å²) in [6.07, 6.45) is 2.40. The van der Waals surface area contributed by atoms with Gasteiger partial charge in [0, 0.05) is 38.0 Å². The highest BCUT2D eigenvalue weighted by Crippen LogP contribution is 2.50. The minimum Gasteiger partial charge on any atom is -0.379 e. The average molecular weight is 400 g/mol. The topological polar surface area (TPSA) is 61.9 Å². The Labute approximate surface area is 173 Å². The number of hydrogen-bond acceptors (Lipinski definition) is 4. The molecule has 3 heterocycles. The zero-order valence-electron chi connectivity index (χ0n) is 17.6. The molecular formula is C23H33N3O3. The van der Waals surface area contributed by atoms with E-state index in [1.807, 2.05) is 42.2 Å². The van der Waals surface area contributed by atoms with Gasteiger partial charge in [0.2, 0.25) is 11.8 Å². The van der Waals surface area contributed by atoms with Gasteiger partial charge in [-0.15, -0.1) is 0 Å². The summed E-state index contributed by atoms with van der Waals surface area (Å²) in [5.74, 6) is 0.503. The van der Waals surface area contributed by atoms with Crippen molar-refractivity contribution in [3.05, 3.63) is 35.9 Å². The fraction of sp³-hybridized carbons (Fsp3) is 0.652. The van der Waals surface area contributed by atoms with Gasteiger partial charge in [0.15, 0.2) is 0 Å². The van der Waals surface area contributed by atoms with Crippen LogP contribution in [0.4, 0.5) is 0 Å². The Hall–Kier alpha value is -1.92. The summed E-state index contributed by atoms with van der Waals surface area (Å²) < 4.78 is 5.83. The largest absolute Gasteiger partial charge is 0.379 e. The standard InChI is InChI=1S/C23H33N3O3/c1-3-20(27)24-21(17-8-6-5-7-9-17)22(28)26-12-10-23(11-13-26)16-25(4-2)19-15-29-14-18(19)23/h5-9,18-19,21H,3-4,10-16H2,1-2H3,(H,24,27)/t18-,19+,21?/m1/s1. The summed E-state index contributed by atoms with van der Waals surface area (Å²) in [6, 6.07) is 9.53. The first-order chi connectivity index (χ1) is 14.1. The summed E-state index contributed by atoms with van der Waals surface area (Å²) in [4.78, 5) is 30.0. The molecule has 3 fully saturated rings. The summed E-state index contributed by atoms with van der Waals surface area (Å²) in [7, 11) is 0. The lowest BCUT2D eigenvalue weighted by atomic mass is 9.70. The van der Waals surface area contributed by atoms with Crippen LogP contribution < -0.4 is 5.32 Å². The molecule has 0 bridgehead atoms. The van der Waals surface area contributed by atoms with E-state index < -0.39 is 6.04 Å². The summed E-state index contributed by atoms with van der Waals surface area (Å²) in [6.45, 7) is 9.44. The van der Waals surface area contributed by atoms with E-state index in [1.54, 1.807) is 0 Å². The molecule has 3 atom stereocenters. The molecule has 0 saturated carbocycles. The van der Waals surface area contributed by atoms with Crippen LogP contribution in [0.15, 0.2) is 30.3 Å². The lowest BCUT2D eigenvalue weighted by molar-refractivity contribution is -0.139. The molecule has 0 aliphatic carbocycles. The number of likely N-dealkylation sites (N-methyl/N-ethyl adjacent to an activating group) is 1. The first-order valence-corrected chi connectivity index (χ1v) is 11.0. The number of hydrogen-bond donors (Lipinski definition) is 1. The van der Waals surface area contributed by atoms with Gasteiger partial charge in [-0.05, 0) is 30.4 Å². The Morgan fingerprint density at radius 1 is 1.17 bits per heavy atom. The van der Waals surface area contributed by atoms with Gasteiger partial charge >= 0.3 is 0 Å². The molecule has 1 N–H and O–H groups in total. The lowest BCUT2D eigenvalue weighted by Crippen LogP contribution is -2.50. The number of amides is 2. The third kappa shape index (κ3) is 3.80. The lowest BCUT2D eigenvalue weighted by Gasteiger charge is -2.43. The number of fused-ring (bicyclic) bond motifs is 2. The highest BCUT2D eigenvalue weighted by atomic mass is 16.5. The van der Waals surface area contributed by atoms with Gasteiger partial charge in [0.25, 0.3) is 0 Å². The second-order valence-electron chi connectivity index (χ2n) is 8.73. The van der Waals surface area contributed by atoms with Crippen LogP contribution in [0.2, 0.25) is 0 Å². The van der Waals surface area contributed by atoms with Gasteiger partial charge < -0.3 is 15.0 Å². The van der Waals surface area contributed by atoms with Crippen molar-refractivity contribution in [1.29, 1.82) is 0 Å². The van der Waals surface area contributed by atoms with Crippen molar-refractivity contribution in [3.63, 3.8) is 0 Å². The minimum absolute atomic E-state index is 0.0115. The van der Waals surface area contributed by atoms with Crippen LogP contribution in [0.3, 0.4) is 0 Å². The highest BCUT2D eigenvalue weighted by molar-refractivity contribution is 5.88. The molecule has 3 aliphatic heterocycles. The summed E-state index contributed by atoms with van der Waals surface area (Å²) in [5, 5.41) is 2.94. The number of rotatable bonds is 5. The zero-order valence-corrected chi connectivity index (χ0v) is 17.6. The number of ether oxygens (including phenoxy) is 1. The van der Waals surface area contributed by atoms with E-state index in [0.717, 1.165) is 57.8 Å². The van der Waals surface area contributed by atoms with Crippen molar-refractivity contribution < 1.29 is 14.3 Å². The SMILES string of the molecule is CCC(=O)NC(C(=O)N1CCC2(CC1)CN(CC)[C@H]1COC[C@H]12)c1ccccc1. The predicted molar refractivity (Wildman–Crippen MR) is 111 cm³/mol. The number of piperidine rings is 1. The van der Waals surface area contributed by atoms with E-state index in [0.29, 0.717) is 18.4 Å². The fourth-order valence-corrected chi connectivity index (χ4v) is 5.55. The molecule has 0 radical (unpaired) electrons. The molecule has 3 saturated heterocycles. The van der Waals surface area contributed by atoms with Crippen molar-refractivity contribution >= 4 is 11.8 Å². The van der Waals surface area contributed by atoms with E-state index >= 15 is 0 Å². The highest BCUT2D eigenvalue weighted by Gasteiger charge is 2.55. The Morgan fingerprint density at radius 3 is 2.55 bits per heavy atom. The third-order valence-corrected chi connectivity index (χ3v) is 7.31. The maximum atomic E-state index is 13.4. The van der Waals surface area contributed by atoms with E-state index in [4.69, 9.17) is 4.74 Å². The molecular weight excluding hydrogens is 366 g/mol. The number of nitrogens with one attached hydrogen (secondary N) is 1. The summed E-state index contributed by atoms with van der Waals surface area (Å²) in [5.41, 5.74) is 1.12. The Morgan fingerprint density at radius 2 is 1.90 bits per heavy atom. The molecule has 3 aliphatic rings. The molecule has 6 nitrogen and oxygen atoms in total. The number of carbonyl (C=O) groups is 2. The van der Waals surface area contributed by atoms with Crippen molar-refractivity contribution in [2.75, 3.05) is 39.4 Å². The van der Waals surface area contributed by atoms with E-state index in [2.05, 4.69) is 17.1 Å². The molecule has 2 amide bonds. The van der Waals surface area contributed by atoms with Crippen LogP contribution in [-0.2, 0) is 14.3 Å². The summed E-state index contributed by atoms with van der Waals surface area (Å²) >= 11 is 0. The molecule has 4 rings (SSSR count). The fourth-order valence-electron chi connectivity index (χ4n) is 5.55. The van der Waals surface area contributed by atoms with Crippen LogP contribution in [0.5, 0.6) is 0 Å². The van der Waals surface area contributed by atoms with Crippen LogP contribution in [0.1, 0.15) is 44.7 Å². The van der Waals surface area contributed by atoms with E-state index in [-0.39, 0.29) is 17.2 Å². The van der Waals surface area contributed by atoms with Crippen molar-refractivity contribution in [2.24, 2.45) is 11.3 Å². The smallest absolute Gasteiger partial charge is 0.249 e. The third-order valence-electron chi connectivity index (χ3n) is 7.31. The van der Waals surface area contributed by atoms with Gasteiger partial charge in [-0.1, -0.05) is 44.2 Å². The van der Waals surface area contributed by atoms with Crippen molar-refractivity contribution in [2.45, 2.75) is 45.2 Å². The molecule has 158 valence electrons. The van der Waals surface area contributed by atoms with Gasteiger partial charge in [0.05, 0.1) is 13.2 Å². The first kappa shape index (κ1) is 20.4. The Kier molecular flexibility index (Phi) is 5.93. The van der Waals surface area contributed by atoms with Gasteiger partial charge in [-0.25, -0.2) is 0 Å². The minimum atomic E-state index is -0.601. The number of likely N-dealkylation sites (tertiary alicyclic amines) is 2. The van der Waals surface area contributed by atoms with E-state index in [9.17, 15) is 9.59 Å². The van der Waals surface area contributed by atoms with Crippen LogP contribution in [0.25, 0.3) is 0 Å². The van der Waals surface area contributed by atoms with Crippen molar-refractivity contribution in [3.8, 4) is 0 Å². The maximum absolute atomic E-state index is 13.4. The first-order valence-electron chi connectivity index (χ1n) is 11.0. The van der Waals surface area contributed by atoms with Gasteiger partial charge in [-0.3, -0.25) is 14.5 Å². The number of carbonyl (C=O) groups excluding carboxylic acids is 2. The Balaban J connectivity index is 1.46.